The van der Waals surface area contributed by atoms with Crippen molar-refractivity contribution in [3.05, 3.63) is 23.7 Å². The predicted molar refractivity (Wildman–Crippen MR) is 84.9 cm³/mol. The minimum atomic E-state index is 0.427. The fraction of sp³-hybridized carbons (Fsp3) is 0.667. The van der Waals surface area contributed by atoms with Crippen LogP contribution in [-0.4, -0.2) is 49.5 Å². The molecule has 4 rings (SSSR count). The lowest BCUT2D eigenvalue weighted by molar-refractivity contribution is 0.408. The summed E-state index contributed by atoms with van der Waals surface area (Å²) in [6, 6.07) is 5.02. The van der Waals surface area contributed by atoms with E-state index in [2.05, 4.69) is 42.0 Å². The zero-order valence-electron chi connectivity index (χ0n) is 13.4. The molecular formula is C15H22N8. The molecule has 1 unspecified atom stereocenters. The van der Waals surface area contributed by atoms with E-state index in [0.29, 0.717) is 12.1 Å². The number of hydrogen-bond acceptors (Lipinski definition) is 7. The average Bonchev–Trinajstić information content (AvgIpc) is 3.32. The molecule has 2 aromatic heterocycles. The Morgan fingerprint density at radius 1 is 1.17 bits per heavy atom. The molecule has 1 aliphatic carbocycles. The quantitative estimate of drug-likeness (QED) is 0.876. The van der Waals surface area contributed by atoms with Gasteiger partial charge >= 0.3 is 0 Å². The summed E-state index contributed by atoms with van der Waals surface area (Å²) in [6.45, 7) is 4.67. The molecule has 0 amide bonds. The molecule has 1 saturated heterocycles. The Hall–Kier alpha value is -2.09. The lowest BCUT2D eigenvalue weighted by atomic mass is 10.1. The Balaban J connectivity index is 1.35. The highest BCUT2D eigenvalue weighted by Gasteiger charge is 2.28. The van der Waals surface area contributed by atoms with Gasteiger partial charge in [0.15, 0.2) is 11.6 Å². The molecule has 1 atom stereocenters. The van der Waals surface area contributed by atoms with Crippen LogP contribution in [0.2, 0.25) is 0 Å². The van der Waals surface area contributed by atoms with Crippen molar-refractivity contribution in [2.24, 2.45) is 0 Å². The van der Waals surface area contributed by atoms with Crippen molar-refractivity contribution in [3.63, 3.8) is 0 Å². The van der Waals surface area contributed by atoms with Gasteiger partial charge in [-0.3, -0.25) is 0 Å². The zero-order valence-corrected chi connectivity index (χ0v) is 13.4. The maximum absolute atomic E-state index is 4.30. The Morgan fingerprint density at radius 2 is 2.09 bits per heavy atom. The van der Waals surface area contributed by atoms with Crippen LogP contribution in [0.25, 0.3) is 0 Å². The first kappa shape index (κ1) is 14.5. The van der Waals surface area contributed by atoms with Gasteiger partial charge < -0.3 is 10.2 Å². The van der Waals surface area contributed by atoms with Crippen molar-refractivity contribution in [2.75, 3.05) is 18.0 Å². The highest BCUT2D eigenvalue weighted by Crippen LogP contribution is 2.34. The molecule has 23 heavy (non-hydrogen) atoms. The van der Waals surface area contributed by atoms with Crippen molar-refractivity contribution < 1.29 is 0 Å². The topological polar surface area (TPSA) is 84.6 Å². The maximum Gasteiger partial charge on any atom is 0.165 e. The van der Waals surface area contributed by atoms with Gasteiger partial charge in [0.1, 0.15) is 0 Å². The van der Waals surface area contributed by atoms with Crippen LogP contribution in [0.15, 0.2) is 12.1 Å². The van der Waals surface area contributed by atoms with Crippen LogP contribution < -0.4 is 10.2 Å². The van der Waals surface area contributed by atoms with Gasteiger partial charge in [-0.15, -0.1) is 10.2 Å². The van der Waals surface area contributed by atoms with Crippen LogP contribution in [0.5, 0.6) is 0 Å². The standard InChI is InChI=1S/C15H22N8/c1-11-4-7-14(18-17-11)22-8-2-3-12(10-22)16-9-15-19-20-21-23(15)13-5-6-13/h4,7,12-13,16H,2-3,5-6,8-10H2,1H3. The van der Waals surface area contributed by atoms with Gasteiger partial charge in [0.05, 0.1) is 18.3 Å². The number of rotatable bonds is 5. The second-order valence-electron chi connectivity index (χ2n) is 6.47. The van der Waals surface area contributed by atoms with Crippen molar-refractivity contribution in [3.8, 4) is 0 Å². The summed E-state index contributed by atoms with van der Waals surface area (Å²) in [5, 5.41) is 24.1. The zero-order chi connectivity index (χ0) is 15.6. The third-order valence-corrected chi connectivity index (χ3v) is 4.53. The molecule has 2 aromatic rings. The van der Waals surface area contributed by atoms with Gasteiger partial charge in [0, 0.05) is 19.1 Å². The summed E-state index contributed by atoms with van der Waals surface area (Å²) in [6.07, 6.45) is 4.71. The first-order chi connectivity index (χ1) is 11.3. The number of piperidine rings is 1. The molecule has 8 nitrogen and oxygen atoms in total. The van der Waals surface area contributed by atoms with Gasteiger partial charge in [-0.05, 0) is 55.2 Å². The molecule has 3 heterocycles. The summed E-state index contributed by atoms with van der Waals surface area (Å²) in [4.78, 5) is 2.30. The third kappa shape index (κ3) is 3.31. The van der Waals surface area contributed by atoms with E-state index in [4.69, 9.17) is 0 Å². The maximum atomic E-state index is 4.30. The Bertz CT molecular complexity index is 648. The summed E-state index contributed by atoms with van der Waals surface area (Å²) >= 11 is 0. The Kier molecular flexibility index (Phi) is 3.90. The molecule has 0 aromatic carbocycles. The van der Waals surface area contributed by atoms with Gasteiger partial charge in [-0.25, -0.2) is 4.68 Å². The second kappa shape index (κ2) is 6.19. The van der Waals surface area contributed by atoms with Crippen LogP contribution in [0.4, 0.5) is 5.82 Å². The Labute approximate surface area is 135 Å². The average molecular weight is 314 g/mol. The molecule has 1 saturated carbocycles. The van der Waals surface area contributed by atoms with E-state index >= 15 is 0 Å². The SMILES string of the molecule is Cc1ccc(N2CCCC(NCc3nnnn3C3CC3)C2)nn1. The van der Waals surface area contributed by atoms with Gasteiger partial charge in [-0.1, -0.05) is 0 Å². The minimum Gasteiger partial charge on any atom is -0.354 e. The predicted octanol–water partition coefficient (Wildman–Crippen LogP) is 0.865. The van der Waals surface area contributed by atoms with Gasteiger partial charge in [0.25, 0.3) is 0 Å². The summed E-state index contributed by atoms with van der Waals surface area (Å²) in [7, 11) is 0. The third-order valence-electron chi connectivity index (χ3n) is 4.53. The van der Waals surface area contributed by atoms with E-state index in [1.54, 1.807) is 0 Å². The largest absolute Gasteiger partial charge is 0.354 e. The smallest absolute Gasteiger partial charge is 0.165 e. The van der Waals surface area contributed by atoms with Crippen molar-refractivity contribution in [1.29, 1.82) is 0 Å². The van der Waals surface area contributed by atoms with Gasteiger partial charge in [0.2, 0.25) is 0 Å². The molecule has 2 aliphatic rings. The highest BCUT2D eigenvalue weighted by atomic mass is 15.6. The van der Waals surface area contributed by atoms with Crippen molar-refractivity contribution >= 4 is 5.82 Å². The fourth-order valence-electron chi connectivity index (χ4n) is 3.08. The van der Waals surface area contributed by atoms with E-state index in [9.17, 15) is 0 Å². The fourth-order valence-corrected chi connectivity index (χ4v) is 3.08. The summed E-state index contributed by atoms with van der Waals surface area (Å²) in [5.41, 5.74) is 0.951. The number of tetrazole rings is 1. The van der Waals surface area contributed by atoms with E-state index in [-0.39, 0.29) is 0 Å². The molecule has 1 aliphatic heterocycles. The molecule has 122 valence electrons. The van der Waals surface area contributed by atoms with Crippen LogP contribution in [0.1, 0.15) is 43.2 Å². The Morgan fingerprint density at radius 3 is 2.87 bits per heavy atom. The number of nitrogens with one attached hydrogen (secondary N) is 1. The monoisotopic (exact) mass is 314 g/mol. The summed E-state index contributed by atoms with van der Waals surface area (Å²) in [5.74, 6) is 1.91. The van der Waals surface area contributed by atoms with E-state index in [0.717, 1.165) is 43.4 Å². The normalized spacial score (nSPS) is 21.6. The first-order valence-electron chi connectivity index (χ1n) is 8.35. The van der Waals surface area contributed by atoms with Crippen LogP contribution in [-0.2, 0) is 6.54 Å². The molecule has 0 radical (unpaired) electrons. The molecule has 0 bridgehead atoms. The van der Waals surface area contributed by atoms with Crippen LogP contribution >= 0.6 is 0 Å². The highest BCUT2D eigenvalue weighted by molar-refractivity contribution is 5.38. The van der Waals surface area contributed by atoms with E-state index in [1.165, 1.54) is 19.3 Å². The number of anilines is 1. The summed E-state index contributed by atoms with van der Waals surface area (Å²) < 4.78 is 1.97. The molecule has 0 spiro atoms. The molecule has 8 heteroatoms. The van der Waals surface area contributed by atoms with Crippen LogP contribution in [0, 0.1) is 6.92 Å². The van der Waals surface area contributed by atoms with Crippen molar-refractivity contribution in [2.45, 2.75) is 51.2 Å². The molecule has 2 fully saturated rings. The van der Waals surface area contributed by atoms with Gasteiger partial charge in [-0.2, -0.15) is 5.10 Å². The van der Waals surface area contributed by atoms with Crippen molar-refractivity contribution in [1.82, 2.24) is 35.7 Å². The van der Waals surface area contributed by atoms with E-state index in [1.807, 2.05) is 17.7 Å². The number of nitrogens with zero attached hydrogens (tertiary/aromatic N) is 7. The number of aryl methyl sites for hydroxylation is 1. The first-order valence-corrected chi connectivity index (χ1v) is 8.35. The lowest BCUT2D eigenvalue weighted by Crippen LogP contribution is -2.46. The molecule has 1 N–H and O–H groups in total. The second-order valence-corrected chi connectivity index (χ2v) is 6.47. The number of hydrogen-bond donors (Lipinski definition) is 1. The van der Waals surface area contributed by atoms with E-state index < -0.39 is 0 Å². The molecular weight excluding hydrogens is 292 g/mol. The minimum absolute atomic E-state index is 0.427. The number of aromatic nitrogens is 6. The lowest BCUT2D eigenvalue weighted by Gasteiger charge is -2.33. The van der Waals surface area contributed by atoms with Crippen LogP contribution in [0.3, 0.4) is 0 Å².